The molecule has 2 rings (SSSR count). The van der Waals surface area contributed by atoms with Gasteiger partial charge in [0, 0.05) is 11.3 Å². The minimum atomic E-state index is -0.388. The van der Waals surface area contributed by atoms with E-state index in [1.54, 1.807) is 48.5 Å². The van der Waals surface area contributed by atoms with Gasteiger partial charge in [-0.25, -0.2) is 0 Å². The number of rotatable bonds is 7. The average Bonchev–Trinajstić information content (AvgIpc) is 2.59. The van der Waals surface area contributed by atoms with E-state index in [0.29, 0.717) is 17.0 Å². The number of ether oxygens (including phenoxy) is 1. The Labute approximate surface area is 139 Å². The van der Waals surface area contributed by atoms with E-state index >= 15 is 0 Å². The van der Waals surface area contributed by atoms with Crippen LogP contribution in [0.2, 0.25) is 0 Å². The molecule has 124 valence electrons. The Kier molecular flexibility index (Phi) is 6.08. The Balaban J connectivity index is 1.72. The fourth-order valence-corrected chi connectivity index (χ4v) is 1.89. The Hall–Kier alpha value is -3.15. The van der Waals surface area contributed by atoms with Crippen molar-refractivity contribution in [3.8, 4) is 5.75 Å². The molecule has 0 spiro atoms. The van der Waals surface area contributed by atoms with Crippen molar-refractivity contribution in [1.82, 2.24) is 5.32 Å². The van der Waals surface area contributed by atoms with Crippen molar-refractivity contribution in [2.45, 2.75) is 6.92 Å². The average molecular weight is 326 g/mol. The lowest BCUT2D eigenvalue weighted by molar-refractivity contribution is -0.125. The summed E-state index contributed by atoms with van der Waals surface area (Å²) in [5.41, 5.74) is 1.12. The molecule has 0 saturated heterocycles. The van der Waals surface area contributed by atoms with E-state index in [1.165, 1.54) is 6.92 Å². The summed E-state index contributed by atoms with van der Waals surface area (Å²) in [6, 6.07) is 15.5. The van der Waals surface area contributed by atoms with Crippen LogP contribution in [0, 0.1) is 0 Å². The second-order valence-corrected chi connectivity index (χ2v) is 5.06. The number of hydrogen-bond acceptors (Lipinski definition) is 4. The Morgan fingerprint density at radius 1 is 0.917 bits per heavy atom. The van der Waals surface area contributed by atoms with Crippen LogP contribution >= 0.6 is 0 Å². The smallest absolute Gasteiger partial charge is 0.258 e. The maximum absolute atomic E-state index is 11.8. The number of para-hydroxylation sites is 1. The molecule has 0 aliphatic heterocycles. The van der Waals surface area contributed by atoms with Crippen LogP contribution in [0.3, 0.4) is 0 Å². The molecular formula is C18H18N2O4. The summed E-state index contributed by atoms with van der Waals surface area (Å²) in [4.78, 5) is 34.6. The van der Waals surface area contributed by atoms with Crippen LogP contribution in [0.25, 0.3) is 0 Å². The molecule has 6 nitrogen and oxygen atoms in total. The topological polar surface area (TPSA) is 84.5 Å². The second kappa shape index (κ2) is 8.47. The van der Waals surface area contributed by atoms with Crippen LogP contribution in [0.1, 0.15) is 17.3 Å². The minimum Gasteiger partial charge on any atom is -0.484 e. The molecule has 2 aromatic rings. The lowest BCUT2D eigenvalue weighted by atomic mass is 10.1. The number of ketones is 1. The highest BCUT2D eigenvalue weighted by Gasteiger charge is 2.07. The van der Waals surface area contributed by atoms with Crippen molar-refractivity contribution in [2.24, 2.45) is 0 Å². The van der Waals surface area contributed by atoms with Crippen molar-refractivity contribution in [3.63, 3.8) is 0 Å². The summed E-state index contributed by atoms with van der Waals surface area (Å²) >= 11 is 0. The van der Waals surface area contributed by atoms with Gasteiger partial charge in [-0.15, -0.1) is 0 Å². The first kappa shape index (κ1) is 17.2. The van der Waals surface area contributed by atoms with E-state index in [-0.39, 0.29) is 30.7 Å². The largest absolute Gasteiger partial charge is 0.484 e. The summed E-state index contributed by atoms with van der Waals surface area (Å²) in [6.07, 6.45) is 0. The number of hydrogen-bond donors (Lipinski definition) is 2. The Morgan fingerprint density at radius 2 is 1.58 bits per heavy atom. The van der Waals surface area contributed by atoms with E-state index in [9.17, 15) is 14.4 Å². The zero-order chi connectivity index (χ0) is 17.4. The predicted molar refractivity (Wildman–Crippen MR) is 90.0 cm³/mol. The van der Waals surface area contributed by atoms with Gasteiger partial charge in [0.15, 0.2) is 12.4 Å². The number of nitrogens with one attached hydrogen (secondary N) is 2. The highest BCUT2D eigenvalue weighted by Crippen LogP contribution is 2.10. The summed E-state index contributed by atoms with van der Waals surface area (Å²) in [7, 11) is 0. The van der Waals surface area contributed by atoms with E-state index in [4.69, 9.17) is 4.74 Å². The first-order chi connectivity index (χ1) is 11.5. The molecule has 0 saturated carbocycles. The molecule has 24 heavy (non-hydrogen) atoms. The van der Waals surface area contributed by atoms with Gasteiger partial charge in [-0.2, -0.15) is 0 Å². The van der Waals surface area contributed by atoms with Crippen LogP contribution < -0.4 is 15.4 Å². The molecule has 0 bridgehead atoms. The van der Waals surface area contributed by atoms with Crippen LogP contribution in [-0.4, -0.2) is 30.7 Å². The lowest BCUT2D eigenvalue weighted by Gasteiger charge is -2.08. The Bertz CT molecular complexity index is 712. The monoisotopic (exact) mass is 326 g/mol. The van der Waals surface area contributed by atoms with Crippen LogP contribution in [0.15, 0.2) is 54.6 Å². The third-order valence-corrected chi connectivity index (χ3v) is 3.13. The van der Waals surface area contributed by atoms with Gasteiger partial charge in [0.25, 0.3) is 5.91 Å². The second-order valence-electron chi connectivity index (χ2n) is 5.06. The minimum absolute atomic E-state index is 0.0430. The van der Waals surface area contributed by atoms with Gasteiger partial charge in [-0.1, -0.05) is 18.2 Å². The standard InChI is InChI=1S/C18H18N2O4/c1-13(21)14-7-9-15(10-8-14)20-17(22)11-19-18(23)12-24-16-5-3-2-4-6-16/h2-10H,11-12H2,1H3,(H,19,23)(H,20,22). The quantitative estimate of drug-likeness (QED) is 0.763. The van der Waals surface area contributed by atoms with Gasteiger partial charge in [-0.05, 0) is 43.3 Å². The number of Topliss-reactive ketones (excluding diaryl/α,β-unsaturated/α-hetero) is 1. The van der Waals surface area contributed by atoms with Gasteiger partial charge in [0.05, 0.1) is 6.54 Å². The molecule has 2 amide bonds. The zero-order valence-electron chi connectivity index (χ0n) is 13.2. The van der Waals surface area contributed by atoms with E-state index in [0.717, 1.165) is 0 Å². The van der Waals surface area contributed by atoms with Gasteiger partial charge < -0.3 is 15.4 Å². The van der Waals surface area contributed by atoms with Gasteiger partial charge in [0.1, 0.15) is 5.75 Å². The van der Waals surface area contributed by atoms with Crippen molar-refractivity contribution in [2.75, 3.05) is 18.5 Å². The third-order valence-electron chi connectivity index (χ3n) is 3.13. The molecule has 0 fully saturated rings. The van der Waals surface area contributed by atoms with Crippen molar-refractivity contribution in [3.05, 3.63) is 60.2 Å². The summed E-state index contributed by atoms with van der Waals surface area (Å²) in [6.45, 7) is 1.15. The number of amides is 2. The molecule has 2 aromatic carbocycles. The highest BCUT2D eigenvalue weighted by atomic mass is 16.5. The number of benzene rings is 2. The van der Waals surface area contributed by atoms with Crippen LogP contribution in [0.5, 0.6) is 5.75 Å². The van der Waals surface area contributed by atoms with Crippen LogP contribution in [-0.2, 0) is 9.59 Å². The summed E-state index contributed by atoms with van der Waals surface area (Å²) in [5, 5.41) is 5.10. The molecule has 0 radical (unpaired) electrons. The molecule has 0 atom stereocenters. The fraction of sp³-hybridized carbons (Fsp3) is 0.167. The van der Waals surface area contributed by atoms with Crippen molar-refractivity contribution in [1.29, 1.82) is 0 Å². The van der Waals surface area contributed by atoms with Crippen LogP contribution in [0.4, 0.5) is 5.69 Å². The fourth-order valence-electron chi connectivity index (χ4n) is 1.89. The predicted octanol–water partition coefficient (Wildman–Crippen LogP) is 2.02. The Morgan fingerprint density at radius 3 is 2.21 bits per heavy atom. The number of carbonyl (C=O) groups excluding carboxylic acids is 3. The molecule has 0 aliphatic rings. The molecule has 0 heterocycles. The van der Waals surface area contributed by atoms with Gasteiger partial charge in [-0.3, -0.25) is 14.4 Å². The van der Waals surface area contributed by atoms with E-state index in [2.05, 4.69) is 10.6 Å². The molecule has 6 heteroatoms. The molecule has 0 aliphatic carbocycles. The molecule has 0 aromatic heterocycles. The zero-order valence-corrected chi connectivity index (χ0v) is 13.2. The van der Waals surface area contributed by atoms with Crippen molar-refractivity contribution < 1.29 is 19.1 Å². The maximum Gasteiger partial charge on any atom is 0.258 e. The van der Waals surface area contributed by atoms with E-state index in [1.807, 2.05) is 6.07 Å². The summed E-state index contributed by atoms with van der Waals surface area (Å²) < 4.78 is 5.28. The third kappa shape index (κ3) is 5.57. The number of anilines is 1. The summed E-state index contributed by atoms with van der Waals surface area (Å²) in [5.74, 6) is -0.208. The molecule has 0 unspecified atom stereocenters. The SMILES string of the molecule is CC(=O)c1ccc(NC(=O)CNC(=O)COc2ccccc2)cc1. The van der Waals surface area contributed by atoms with Gasteiger partial charge >= 0.3 is 0 Å². The highest BCUT2D eigenvalue weighted by molar-refractivity contribution is 5.96. The molecule has 2 N–H and O–H groups in total. The maximum atomic E-state index is 11.8. The molecular weight excluding hydrogens is 308 g/mol. The lowest BCUT2D eigenvalue weighted by Crippen LogP contribution is -2.35. The van der Waals surface area contributed by atoms with Gasteiger partial charge in [0.2, 0.25) is 5.91 Å². The number of carbonyl (C=O) groups is 3. The first-order valence-electron chi connectivity index (χ1n) is 7.40. The normalized spacial score (nSPS) is 9.88. The van der Waals surface area contributed by atoms with E-state index < -0.39 is 0 Å². The van der Waals surface area contributed by atoms with Crippen molar-refractivity contribution >= 4 is 23.3 Å². The first-order valence-corrected chi connectivity index (χ1v) is 7.40.